The second kappa shape index (κ2) is 8.24. The molecular weight excluding hydrogens is 358 g/mol. The fraction of sp³-hybridized carbons (Fsp3) is 0.375. The summed E-state index contributed by atoms with van der Waals surface area (Å²) in [7, 11) is 0. The summed E-state index contributed by atoms with van der Waals surface area (Å²) in [6, 6.07) is 9.83. The van der Waals surface area contributed by atoms with Crippen molar-refractivity contribution in [2.45, 2.75) is 0 Å². The van der Waals surface area contributed by atoms with Gasteiger partial charge in [0.15, 0.2) is 0 Å². The number of halogens is 1. The number of rotatable bonds is 6. The van der Waals surface area contributed by atoms with E-state index in [1.807, 2.05) is 30.3 Å². The van der Waals surface area contributed by atoms with Crippen LogP contribution in [0.3, 0.4) is 0 Å². The van der Waals surface area contributed by atoms with Crippen molar-refractivity contribution < 1.29 is 4.74 Å². The van der Waals surface area contributed by atoms with Gasteiger partial charge in [-0.15, -0.1) is 0 Å². The molecule has 0 amide bonds. The first-order valence-corrected chi connectivity index (χ1v) is 8.48. The zero-order valence-corrected chi connectivity index (χ0v) is 14.4. The highest BCUT2D eigenvalue weighted by Crippen LogP contribution is 2.18. The van der Waals surface area contributed by atoms with Crippen LogP contribution >= 0.6 is 15.9 Å². The number of hydrogen-bond acceptors (Lipinski definition) is 6. The zero-order chi connectivity index (χ0) is 15.9. The van der Waals surface area contributed by atoms with Crippen LogP contribution in [0.2, 0.25) is 0 Å². The molecule has 7 heteroatoms. The summed E-state index contributed by atoms with van der Waals surface area (Å²) in [6.07, 6.45) is 1.76. The molecule has 0 radical (unpaired) electrons. The van der Waals surface area contributed by atoms with Crippen LogP contribution in [0.5, 0.6) is 0 Å². The second-order valence-electron chi connectivity index (χ2n) is 5.28. The zero-order valence-electron chi connectivity index (χ0n) is 12.8. The molecule has 3 rings (SSSR count). The van der Waals surface area contributed by atoms with Gasteiger partial charge in [-0.3, -0.25) is 4.90 Å². The SMILES string of the molecule is Brc1ccc(Nc2ccnc(NCCN3CCOCC3)n2)cc1. The summed E-state index contributed by atoms with van der Waals surface area (Å²) >= 11 is 3.43. The molecule has 0 atom stereocenters. The molecule has 0 saturated carbocycles. The maximum atomic E-state index is 5.35. The monoisotopic (exact) mass is 377 g/mol. The minimum Gasteiger partial charge on any atom is -0.379 e. The van der Waals surface area contributed by atoms with Gasteiger partial charge in [-0.05, 0) is 30.3 Å². The van der Waals surface area contributed by atoms with E-state index in [2.05, 4.69) is 41.4 Å². The van der Waals surface area contributed by atoms with Crippen LogP contribution in [-0.2, 0) is 4.74 Å². The highest BCUT2D eigenvalue weighted by atomic mass is 79.9. The van der Waals surface area contributed by atoms with Gasteiger partial charge in [-0.1, -0.05) is 15.9 Å². The summed E-state index contributed by atoms with van der Waals surface area (Å²) < 4.78 is 6.40. The summed E-state index contributed by atoms with van der Waals surface area (Å²) in [5.41, 5.74) is 0.992. The number of hydrogen-bond donors (Lipinski definition) is 2. The van der Waals surface area contributed by atoms with Crippen molar-refractivity contribution in [3.05, 3.63) is 41.0 Å². The van der Waals surface area contributed by atoms with Crippen molar-refractivity contribution in [1.82, 2.24) is 14.9 Å². The Balaban J connectivity index is 1.51. The Bertz CT molecular complexity index is 616. The molecule has 6 nitrogen and oxygen atoms in total. The van der Waals surface area contributed by atoms with Crippen LogP contribution in [0.4, 0.5) is 17.5 Å². The number of nitrogens with zero attached hydrogens (tertiary/aromatic N) is 3. The minimum atomic E-state index is 0.639. The summed E-state index contributed by atoms with van der Waals surface area (Å²) in [6.45, 7) is 5.42. The molecule has 1 aliphatic heterocycles. The predicted octanol–water partition coefficient (Wildman–Crippen LogP) is 2.73. The first-order chi connectivity index (χ1) is 11.3. The average Bonchev–Trinajstić information content (AvgIpc) is 2.58. The smallest absolute Gasteiger partial charge is 0.224 e. The van der Waals surface area contributed by atoms with E-state index in [1.54, 1.807) is 6.20 Å². The number of aromatic nitrogens is 2. The third-order valence-corrected chi connectivity index (χ3v) is 4.12. The van der Waals surface area contributed by atoms with Gasteiger partial charge in [0.1, 0.15) is 5.82 Å². The van der Waals surface area contributed by atoms with Crippen molar-refractivity contribution in [2.24, 2.45) is 0 Å². The Hall–Kier alpha value is -1.70. The van der Waals surface area contributed by atoms with Crippen LogP contribution in [0.15, 0.2) is 41.0 Å². The molecule has 1 fully saturated rings. The molecule has 1 saturated heterocycles. The van der Waals surface area contributed by atoms with Gasteiger partial charge in [0.05, 0.1) is 13.2 Å². The number of nitrogens with one attached hydrogen (secondary N) is 2. The fourth-order valence-corrected chi connectivity index (χ4v) is 2.61. The largest absolute Gasteiger partial charge is 0.379 e. The molecule has 2 N–H and O–H groups in total. The average molecular weight is 378 g/mol. The van der Waals surface area contributed by atoms with E-state index in [4.69, 9.17) is 4.74 Å². The minimum absolute atomic E-state index is 0.639. The van der Waals surface area contributed by atoms with E-state index in [0.717, 1.165) is 55.4 Å². The Labute approximate surface area is 144 Å². The number of ether oxygens (including phenoxy) is 1. The van der Waals surface area contributed by atoms with Crippen molar-refractivity contribution in [2.75, 3.05) is 50.0 Å². The van der Waals surface area contributed by atoms with Gasteiger partial charge in [-0.25, -0.2) is 4.98 Å². The van der Waals surface area contributed by atoms with Gasteiger partial charge in [0.2, 0.25) is 5.95 Å². The van der Waals surface area contributed by atoms with E-state index in [9.17, 15) is 0 Å². The third kappa shape index (κ3) is 5.16. The lowest BCUT2D eigenvalue weighted by Gasteiger charge is -2.26. The maximum Gasteiger partial charge on any atom is 0.224 e. The molecule has 0 unspecified atom stereocenters. The lowest BCUT2D eigenvalue weighted by Crippen LogP contribution is -2.39. The first kappa shape index (κ1) is 16.2. The van der Waals surface area contributed by atoms with E-state index >= 15 is 0 Å². The summed E-state index contributed by atoms with van der Waals surface area (Å²) in [5.74, 6) is 1.41. The Kier molecular flexibility index (Phi) is 5.79. The van der Waals surface area contributed by atoms with Crippen molar-refractivity contribution in [3.8, 4) is 0 Å². The molecule has 122 valence electrons. The Morgan fingerprint density at radius 2 is 1.91 bits per heavy atom. The lowest BCUT2D eigenvalue weighted by atomic mass is 10.3. The second-order valence-corrected chi connectivity index (χ2v) is 6.19. The summed E-state index contributed by atoms with van der Waals surface area (Å²) in [4.78, 5) is 11.1. The Morgan fingerprint density at radius 1 is 1.13 bits per heavy atom. The van der Waals surface area contributed by atoms with Crippen molar-refractivity contribution in [3.63, 3.8) is 0 Å². The summed E-state index contributed by atoms with van der Waals surface area (Å²) in [5, 5.41) is 6.55. The van der Waals surface area contributed by atoms with Crippen LogP contribution < -0.4 is 10.6 Å². The van der Waals surface area contributed by atoms with Gasteiger partial charge >= 0.3 is 0 Å². The maximum absolute atomic E-state index is 5.35. The standard InChI is InChI=1S/C16H20BrN5O/c17-13-1-3-14(4-2-13)20-15-5-6-18-16(21-15)19-7-8-22-9-11-23-12-10-22/h1-6H,7-12H2,(H2,18,19,20,21). The van der Waals surface area contributed by atoms with Gasteiger partial charge < -0.3 is 15.4 Å². The van der Waals surface area contributed by atoms with Crippen LogP contribution in [0.25, 0.3) is 0 Å². The predicted molar refractivity (Wildman–Crippen MR) is 95.2 cm³/mol. The van der Waals surface area contributed by atoms with E-state index in [1.165, 1.54) is 0 Å². The molecule has 2 heterocycles. The fourth-order valence-electron chi connectivity index (χ4n) is 2.35. The van der Waals surface area contributed by atoms with Crippen molar-refractivity contribution in [1.29, 1.82) is 0 Å². The van der Waals surface area contributed by atoms with E-state index < -0.39 is 0 Å². The molecule has 1 aromatic heterocycles. The number of morpholine rings is 1. The third-order valence-electron chi connectivity index (χ3n) is 3.59. The van der Waals surface area contributed by atoms with Gasteiger partial charge in [-0.2, -0.15) is 4.98 Å². The molecule has 0 spiro atoms. The van der Waals surface area contributed by atoms with Crippen LogP contribution in [0, 0.1) is 0 Å². The molecule has 0 aliphatic carbocycles. The highest BCUT2D eigenvalue weighted by molar-refractivity contribution is 9.10. The Morgan fingerprint density at radius 3 is 2.70 bits per heavy atom. The molecular formula is C16H20BrN5O. The first-order valence-electron chi connectivity index (χ1n) is 7.69. The molecule has 23 heavy (non-hydrogen) atoms. The number of anilines is 3. The van der Waals surface area contributed by atoms with Crippen molar-refractivity contribution >= 4 is 33.4 Å². The van der Waals surface area contributed by atoms with Gasteiger partial charge in [0, 0.05) is 42.5 Å². The van der Waals surface area contributed by atoms with Crippen LogP contribution in [0.1, 0.15) is 0 Å². The number of benzene rings is 1. The van der Waals surface area contributed by atoms with Gasteiger partial charge in [0.25, 0.3) is 0 Å². The molecule has 0 bridgehead atoms. The van der Waals surface area contributed by atoms with Crippen LogP contribution in [-0.4, -0.2) is 54.3 Å². The molecule has 1 aliphatic rings. The quantitative estimate of drug-likeness (QED) is 0.806. The van der Waals surface area contributed by atoms with E-state index in [0.29, 0.717) is 5.95 Å². The topological polar surface area (TPSA) is 62.3 Å². The normalized spacial score (nSPS) is 15.3. The lowest BCUT2D eigenvalue weighted by molar-refractivity contribution is 0.0398. The molecule has 1 aromatic carbocycles. The highest BCUT2D eigenvalue weighted by Gasteiger charge is 2.09. The van der Waals surface area contributed by atoms with E-state index in [-0.39, 0.29) is 0 Å². The molecule has 2 aromatic rings.